The van der Waals surface area contributed by atoms with E-state index in [1.807, 2.05) is 6.07 Å². The second kappa shape index (κ2) is 11.2. The van der Waals surface area contributed by atoms with E-state index in [1.165, 1.54) is 16.9 Å². The van der Waals surface area contributed by atoms with E-state index >= 15 is 0 Å². The molecule has 39 heavy (non-hydrogen) atoms. The van der Waals surface area contributed by atoms with Crippen molar-refractivity contribution in [1.29, 1.82) is 5.26 Å². The number of carbonyl (C=O) groups is 2. The summed E-state index contributed by atoms with van der Waals surface area (Å²) in [4.78, 5) is 50.4. The van der Waals surface area contributed by atoms with Gasteiger partial charge in [-0.05, 0) is 0 Å². The van der Waals surface area contributed by atoms with Crippen LogP contribution in [0.5, 0.6) is 0 Å². The van der Waals surface area contributed by atoms with Crippen LogP contribution in [-0.2, 0) is 9.26 Å². The number of aliphatic hydroxyl groups excluding tert-OH is 1. The Morgan fingerprint density at radius 2 is 1.92 bits per heavy atom. The van der Waals surface area contributed by atoms with E-state index < -0.39 is 74.3 Å². The molecule has 2 aliphatic heterocycles. The van der Waals surface area contributed by atoms with Crippen molar-refractivity contribution in [3.63, 3.8) is 0 Å². The summed E-state index contributed by atoms with van der Waals surface area (Å²) in [6, 6.07) is 8.31. The number of carbonyl (C=O) groups excluding carboxylic acids is 2. The summed E-state index contributed by atoms with van der Waals surface area (Å²) < 4.78 is 12.8. The molecule has 1 unspecified atom stereocenters. The van der Waals surface area contributed by atoms with Crippen molar-refractivity contribution in [2.45, 2.75) is 76.4 Å². The molecule has 0 radical (unpaired) electrons. The van der Waals surface area contributed by atoms with Gasteiger partial charge in [0, 0.05) is 0 Å². The number of nitriles is 1. The molecule has 2 amide bonds. The Bertz CT molecular complexity index is 1140. The van der Waals surface area contributed by atoms with Gasteiger partial charge in [0.1, 0.15) is 0 Å². The van der Waals surface area contributed by atoms with E-state index in [4.69, 9.17) is 15.0 Å². The van der Waals surface area contributed by atoms with Gasteiger partial charge in [0.15, 0.2) is 0 Å². The first-order valence-corrected chi connectivity index (χ1v) is 14.8. The number of urea groups is 1. The van der Waals surface area contributed by atoms with Gasteiger partial charge in [-0.25, -0.2) is 0 Å². The van der Waals surface area contributed by atoms with Crippen LogP contribution in [0, 0.1) is 11.3 Å². The Balaban J connectivity index is 1.90. The van der Waals surface area contributed by atoms with Crippen LogP contribution in [0.4, 0.5) is 4.79 Å². The zero-order valence-electron chi connectivity index (χ0n) is 22.5. The Morgan fingerprint density at radius 3 is 2.44 bits per heavy atom. The van der Waals surface area contributed by atoms with Gasteiger partial charge in [0.2, 0.25) is 0 Å². The van der Waals surface area contributed by atoms with Gasteiger partial charge < -0.3 is 0 Å². The summed E-state index contributed by atoms with van der Waals surface area (Å²) in [5.74, 6) is -3.01. The van der Waals surface area contributed by atoms with Gasteiger partial charge in [-0.15, -0.1) is 0 Å². The van der Waals surface area contributed by atoms with Gasteiger partial charge in [-0.2, -0.15) is 0 Å². The van der Waals surface area contributed by atoms with Crippen molar-refractivity contribution in [2.24, 2.45) is 5.73 Å². The van der Waals surface area contributed by atoms with Crippen LogP contribution in [0.15, 0.2) is 42.6 Å². The van der Waals surface area contributed by atoms with Crippen LogP contribution in [0.3, 0.4) is 0 Å². The molecule has 0 aliphatic carbocycles. The molecule has 0 bridgehead atoms. The summed E-state index contributed by atoms with van der Waals surface area (Å²) in [6.45, 7) is 6.06. The minimum absolute atomic E-state index is 0.282. The first kappa shape index (κ1) is 31.0. The minimum atomic E-state index is -5.43. The zero-order valence-corrected chi connectivity index (χ0v) is 23.4. The summed E-state index contributed by atoms with van der Waals surface area (Å²) in [5, 5.41) is 33.1. The molecule has 3 rings (SSSR count). The third kappa shape index (κ3) is 6.15. The number of benzene rings is 1. The molecular formula is C25H38N5O8P. The monoisotopic (exact) mass is 567 g/mol. The number of ether oxygens (including phenoxy) is 1. The Hall–Kier alpha value is -2.50. The van der Waals surface area contributed by atoms with Crippen LogP contribution >= 0.6 is 7.43 Å². The number of ketones is 1. The summed E-state index contributed by atoms with van der Waals surface area (Å²) in [5.41, 5.74) is 4.63. The van der Waals surface area contributed by atoms with Gasteiger partial charge in [-0.3, -0.25) is 0 Å². The molecule has 0 aromatic heterocycles. The fourth-order valence-corrected chi connectivity index (χ4v) is 8.81. The van der Waals surface area contributed by atoms with Gasteiger partial charge in [0.05, 0.1) is 0 Å². The average Bonchev–Trinajstić information content (AvgIpc) is 3.16. The predicted molar refractivity (Wildman–Crippen MR) is 142 cm³/mol. The predicted octanol–water partition coefficient (Wildman–Crippen LogP) is 1.11. The molecule has 2 heterocycles. The number of Topliss-reactive ketones (excluding diaryl/α,β-unsaturated/α-hetero) is 1. The third-order valence-corrected chi connectivity index (χ3v) is 10.3. The number of nitrogens with zero attached hydrogens (tertiary/aromatic N) is 3. The molecule has 7 N–H and O–H groups in total. The van der Waals surface area contributed by atoms with E-state index in [9.17, 15) is 34.9 Å². The molecule has 13 nitrogen and oxygen atoms in total. The van der Waals surface area contributed by atoms with Crippen LogP contribution in [-0.4, -0.2) is 90.0 Å². The maximum atomic E-state index is 13.0. The molecule has 14 heteroatoms. The number of hydrogen-bond donors (Lipinski definition) is 6. The molecular weight excluding hydrogens is 529 g/mol. The number of rotatable bonds is 11. The average molecular weight is 568 g/mol. The topological polar surface area (TPSA) is 202 Å². The van der Waals surface area contributed by atoms with Crippen molar-refractivity contribution in [3.05, 3.63) is 48.2 Å². The third-order valence-electron chi connectivity index (χ3n) is 6.71. The van der Waals surface area contributed by atoms with Crippen LogP contribution < -0.4 is 11.1 Å². The van der Waals surface area contributed by atoms with E-state index in [-0.39, 0.29) is 12.0 Å². The normalized spacial score (nSPS) is 28.4. The fraction of sp³-hybridized carbons (Fsp3) is 0.560. The Labute approximate surface area is 227 Å². The first-order valence-electron chi connectivity index (χ1n) is 12.6. The molecule has 1 aromatic rings. The second-order valence-corrected chi connectivity index (χ2v) is 13.6. The molecule has 0 saturated carbocycles. The Morgan fingerprint density at radius 1 is 1.31 bits per heavy atom. The molecule has 2 aliphatic rings. The van der Waals surface area contributed by atoms with E-state index in [1.54, 1.807) is 58.0 Å². The number of nitrogens with two attached hydrogens (primary N) is 1. The fourth-order valence-electron chi connectivity index (χ4n) is 5.21. The zero-order chi connectivity index (χ0) is 29.2. The quantitative estimate of drug-likeness (QED) is 0.127. The molecule has 216 valence electrons. The van der Waals surface area contributed by atoms with Crippen molar-refractivity contribution < 1.29 is 38.8 Å². The van der Waals surface area contributed by atoms with Crippen molar-refractivity contribution >= 4 is 19.2 Å². The molecule has 1 aromatic carbocycles. The van der Waals surface area contributed by atoms with Gasteiger partial charge >= 0.3 is 221 Å². The molecule has 1 fully saturated rings. The van der Waals surface area contributed by atoms with Crippen LogP contribution in [0.2, 0.25) is 0 Å². The number of amides is 2. The van der Waals surface area contributed by atoms with Crippen molar-refractivity contribution in [2.75, 3.05) is 12.8 Å². The summed E-state index contributed by atoms with van der Waals surface area (Å²) >= 11 is 0. The van der Waals surface area contributed by atoms with Gasteiger partial charge in [0.25, 0.3) is 0 Å². The number of aliphatic hydroxyl groups is 2. The van der Waals surface area contributed by atoms with Crippen LogP contribution in [0.1, 0.15) is 50.9 Å². The first-order chi connectivity index (χ1) is 18.1. The molecule has 0 spiro atoms. The standard InChI is InChI=1S/C25H38N5O8P/c1-17(2)30(18(3)4)39(35,36,14-8-12-26)38-25(34)15-21(37-20(25)16-31)29-13-11-24(27,28-23(29)33)22(32)19-9-6-5-7-10-19/h5-7,9-11,13,17-18,20-21,31,34-36H,8,14-16,27H2,1-4H3,(H,28,33)/t20-,21-,24?,25-/m1/s1. The second-order valence-electron chi connectivity index (χ2n) is 10.4. The van der Waals surface area contributed by atoms with Crippen LogP contribution in [0.25, 0.3) is 0 Å². The SMILES string of the molecule is CC(C)N(C(C)C)P(O)(O)(CCC#N)O[C@]1(O)C[C@H](N2C=CC(N)(C(=O)c3ccccc3)NC2=O)O[C@@H]1CO. The summed E-state index contributed by atoms with van der Waals surface area (Å²) in [6.07, 6.45) is -1.49. The van der Waals surface area contributed by atoms with Crippen molar-refractivity contribution in [3.8, 4) is 6.07 Å². The van der Waals surface area contributed by atoms with E-state index in [0.717, 1.165) is 4.90 Å². The van der Waals surface area contributed by atoms with E-state index in [2.05, 4.69) is 5.32 Å². The Kier molecular flexibility index (Phi) is 8.89. The van der Waals surface area contributed by atoms with Gasteiger partial charge in [-0.1, -0.05) is 6.07 Å². The molecule has 1 saturated heterocycles. The number of hydrogen-bond acceptors (Lipinski definition) is 11. The maximum absolute atomic E-state index is 13.0. The number of nitrogens with one attached hydrogen (secondary N) is 1. The summed E-state index contributed by atoms with van der Waals surface area (Å²) in [7, 11) is -5.43. The van der Waals surface area contributed by atoms with Crippen molar-refractivity contribution in [1.82, 2.24) is 14.9 Å². The molecule has 4 atom stereocenters. The van der Waals surface area contributed by atoms with E-state index in [0.29, 0.717) is 0 Å².